The summed E-state index contributed by atoms with van der Waals surface area (Å²) in [6, 6.07) is 18.6. The van der Waals surface area contributed by atoms with Gasteiger partial charge in [-0.1, -0.05) is 36.4 Å². The molecule has 2 aliphatic rings. The van der Waals surface area contributed by atoms with Crippen LogP contribution in [0.2, 0.25) is 0 Å². The van der Waals surface area contributed by atoms with Gasteiger partial charge in [0.2, 0.25) is 0 Å². The lowest BCUT2D eigenvalue weighted by Crippen LogP contribution is -2.48. The molecule has 2 heterocycles. The van der Waals surface area contributed by atoms with E-state index in [1.54, 1.807) is 0 Å². The Bertz CT molecular complexity index is 767. The van der Waals surface area contributed by atoms with Crippen molar-refractivity contribution in [1.29, 1.82) is 0 Å². The minimum absolute atomic E-state index is 0.00336. The average molecular weight is 365 g/mol. The van der Waals surface area contributed by atoms with E-state index in [-0.39, 0.29) is 18.7 Å². The third-order valence-corrected chi connectivity index (χ3v) is 5.74. The van der Waals surface area contributed by atoms with E-state index < -0.39 is 0 Å². The van der Waals surface area contributed by atoms with Crippen LogP contribution in [-0.2, 0) is 4.79 Å². The fourth-order valence-corrected chi connectivity index (χ4v) is 4.49. The molecule has 0 bridgehead atoms. The van der Waals surface area contributed by atoms with E-state index in [0.717, 1.165) is 62.4 Å². The second kappa shape index (κ2) is 8.21. The van der Waals surface area contributed by atoms with Crippen molar-refractivity contribution in [3.63, 3.8) is 0 Å². The number of para-hydroxylation sites is 2. The van der Waals surface area contributed by atoms with Crippen molar-refractivity contribution in [3.8, 4) is 0 Å². The first-order valence-corrected chi connectivity index (χ1v) is 9.79. The van der Waals surface area contributed by atoms with E-state index >= 15 is 0 Å². The number of aliphatic hydroxyl groups excluding tert-OH is 1. The molecule has 142 valence electrons. The minimum Gasteiger partial charge on any atom is -0.395 e. The number of nitrogens with zero attached hydrogens (tertiary/aromatic N) is 3. The van der Waals surface area contributed by atoms with Gasteiger partial charge in [-0.15, -0.1) is 0 Å². The van der Waals surface area contributed by atoms with Crippen molar-refractivity contribution >= 4 is 17.7 Å². The Balaban J connectivity index is 1.69. The van der Waals surface area contributed by atoms with E-state index in [1.165, 1.54) is 0 Å². The standard InChI is InChI=1S/C22H27N3O2/c26-16-15-23-11-6-12-24(14-13-23)22-20(17-27)19-9-4-5-10-21(19)25(22)18-7-2-1-3-8-18/h1-5,7-10,17,20,22,26H,6,11-16H2. The van der Waals surface area contributed by atoms with Crippen LogP contribution in [0.3, 0.4) is 0 Å². The van der Waals surface area contributed by atoms with Crippen LogP contribution >= 0.6 is 0 Å². The lowest BCUT2D eigenvalue weighted by molar-refractivity contribution is -0.110. The maximum absolute atomic E-state index is 12.2. The van der Waals surface area contributed by atoms with Crippen LogP contribution in [0.15, 0.2) is 54.6 Å². The Kier molecular flexibility index (Phi) is 5.53. The Hall–Kier alpha value is -2.21. The zero-order valence-corrected chi connectivity index (χ0v) is 15.6. The summed E-state index contributed by atoms with van der Waals surface area (Å²) in [7, 11) is 0. The third kappa shape index (κ3) is 3.50. The zero-order chi connectivity index (χ0) is 18.6. The van der Waals surface area contributed by atoms with Crippen molar-refractivity contribution in [2.24, 2.45) is 0 Å². The van der Waals surface area contributed by atoms with Gasteiger partial charge in [0.15, 0.2) is 0 Å². The predicted molar refractivity (Wildman–Crippen MR) is 107 cm³/mol. The van der Waals surface area contributed by atoms with E-state index in [4.69, 9.17) is 0 Å². The molecule has 2 aromatic carbocycles. The highest BCUT2D eigenvalue weighted by atomic mass is 16.3. The molecular formula is C22H27N3O2. The van der Waals surface area contributed by atoms with Gasteiger partial charge in [0.25, 0.3) is 0 Å². The molecule has 1 N–H and O–H groups in total. The lowest BCUT2D eigenvalue weighted by atomic mass is 10.00. The Morgan fingerprint density at radius 2 is 1.74 bits per heavy atom. The maximum Gasteiger partial charge on any atom is 0.130 e. The number of rotatable bonds is 5. The Labute approximate surface area is 160 Å². The first-order chi connectivity index (χ1) is 13.3. The van der Waals surface area contributed by atoms with Gasteiger partial charge in [-0.25, -0.2) is 0 Å². The number of aliphatic hydroxyl groups is 1. The molecule has 4 rings (SSSR count). The number of aldehydes is 1. The number of carbonyl (C=O) groups is 1. The third-order valence-electron chi connectivity index (χ3n) is 5.74. The monoisotopic (exact) mass is 365 g/mol. The lowest BCUT2D eigenvalue weighted by Gasteiger charge is -2.38. The summed E-state index contributed by atoms with van der Waals surface area (Å²) in [5.74, 6) is -0.161. The smallest absolute Gasteiger partial charge is 0.130 e. The summed E-state index contributed by atoms with van der Waals surface area (Å²) in [5, 5.41) is 9.27. The van der Waals surface area contributed by atoms with Crippen molar-refractivity contribution in [2.45, 2.75) is 18.5 Å². The van der Waals surface area contributed by atoms with Gasteiger partial charge >= 0.3 is 0 Å². The molecule has 2 aliphatic heterocycles. The van der Waals surface area contributed by atoms with Gasteiger partial charge in [-0.2, -0.15) is 0 Å². The summed E-state index contributed by atoms with van der Waals surface area (Å²) in [6.45, 7) is 4.68. The fourth-order valence-electron chi connectivity index (χ4n) is 4.49. The molecule has 2 atom stereocenters. The van der Waals surface area contributed by atoms with Crippen LogP contribution in [0.4, 0.5) is 11.4 Å². The van der Waals surface area contributed by atoms with E-state index in [9.17, 15) is 9.90 Å². The molecule has 0 aliphatic carbocycles. The normalized spacial score (nSPS) is 23.8. The fraction of sp³-hybridized carbons (Fsp3) is 0.409. The molecule has 2 unspecified atom stereocenters. The molecule has 5 nitrogen and oxygen atoms in total. The molecule has 0 saturated carbocycles. The highest BCUT2D eigenvalue weighted by molar-refractivity contribution is 5.81. The molecule has 0 aromatic heterocycles. The van der Waals surface area contributed by atoms with Crippen molar-refractivity contribution < 1.29 is 9.90 Å². The quantitative estimate of drug-likeness (QED) is 0.825. The predicted octanol–water partition coefficient (Wildman–Crippen LogP) is 2.45. The van der Waals surface area contributed by atoms with E-state index in [1.807, 2.05) is 18.2 Å². The molecule has 1 saturated heterocycles. The highest BCUT2D eigenvalue weighted by Gasteiger charge is 2.42. The van der Waals surface area contributed by atoms with Crippen LogP contribution in [0, 0.1) is 0 Å². The number of hydrogen-bond donors (Lipinski definition) is 1. The summed E-state index contributed by atoms with van der Waals surface area (Å²) < 4.78 is 0. The number of β-amino-alcohol motifs (C(OH)–C–C–N with tert-alkyl or cyclic N) is 1. The second-order valence-corrected chi connectivity index (χ2v) is 7.29. The highest BCUT2D eigenvalue weighted by Crippen LogP contribution is 2.45. The van der Waals surface area contributed by atoms with Gasteiger partial charge in [0.05, 0.1) is 12.5 Å². The van der Waals surface area contributed by atoms with Crippen LogP contribution in [-0.4, -0.2) is 66.7 Å². The summed E-state index contributed by atoms with van der Waals surface area (Å²) in [5.41, 5.74) is 3.36. The Morgan fingerprint density at radius 3 is 2.52 bits per heavy atom. The van der Waals surface area contributed by atoms with Crippen LogP contribution in [0.1, 0.15) is 17.9 Å². The largest absolute Gasteiger partial charge is 0.395 e. The molecule has 2 aromatic rings. The molecule has 0 radical (unpaired) electrons. The maximum atomic E-state index is 12.2. The average Bonchev–Trinajstić information content (AvgIpc) is 2.87. The van der Waals surface area contributed by atoms with Gasteiger partial charge < -0.3 is 14.8 Å². The summed E-state index contributed by atoms with van der Waals surface area (Å²) >= 11 is 0. The number of hydrogen-bond acceptors (Lipinski definition) is 5. The topological polar surface area (TPSA) is 47.0 Å². The van der Waals surface area contributed by atoms with Gasteiger partial charge in [-0.3, -0.25) is 9.80 Å². The SMILES string of the molecule is O=CC1c2ccccc2N(c2ccccc2)C1N1CCCN(CCO)CC1. The minimum atomic E-state index is -0.161. The first-order valence-electron chi connectivity index (χ1n) is 9.79. The molecule has 5 heteroatoms. The van der Waals surface area contributed by atoms with Crippen LogP contribution in [0.5, 0.6) is 0 Å². The summed E-state index contributed by atoms with van der Waals surface area (Å²) in [4.78, 5) is 19.2. The van der Waals surface area contributed by atoms with E-state index in [0.29, 0.717) is 0 Å². The second-order valence-electron chi connectivity index (χ2n) is 7.29. The van der Waals surface area contributed by atoms with Crippen molar-refractivity contribution in [2.75, 3.05) is 44.2 Å². The van der Waals surface area contributed by atoms with Crippen molar-refractivity contribution in [3.05, 3.63) is 60.2 Å². The van der Waals surface area contributed by atoms with Gasteiger partial charge in [0, 0.05) is 37.6 Å². The van der Waals surface area contributed by atoms with Gasteiger partial charge in [-0.05, 0) is 36.7 Å². The van der Waals surface area contributed by atoms with Crippen LogP contribution < -0.4 is 4.90 Å². The molecule has 27 heavy (non-hydrogen) atoms. The Morgan fingerprint density at radius 1 is 0.963 bits per heavy atom. The number of carbonyl (C=O) groups excluding carboxylic acids is 1. The summed E-state index contributed by atoms with van der Waals surface area (Å²) in [6.07, 6.45) is 2.15. The first kappa shape index (κ1) is 18.2. The number of benzene rings is 2. The molecule has 0 spiro atoms. The molecular weight excluding hydrogens is 338 g/mol. The number of anilines is 2. The van der Waals surface area contributed by atoms with Crippen LogP contribution in [0.25, 0.3) is 0 Å². The molecule has 0 amide bonds. The van der Waals surface area contributed by atoms with Crippen molar-refractivity contribution in [1.82, 2.24) is 9.80 Å². The number of fused-ring (bicyclic) bond motifs is 1. The zero-order valence-electron chi connectivity index (χ0n) is 15.6. The molecule has 1 fully saturated rings. The van der Waals surface area contributed by atoms with Gasteiger partial charge in [0.1, 0.15) is 12.5 Å². The van der Waals surface area contributed by atoms with E-state index in [2.05, 4.69) is 51.1 Å².